The highest BCUT2D eigenvalue weighted by atomic mass is 16.3. The molecule has 0 unspecified atom stereocenters. The third kappa shape index (κ3) is 1.61. The molecule has 1 atom stereocenters. The molecule has 1 heteroatoms. The van der Waals surface area contributed by atoms with Crippen molar-refractivity contribution >= 4 is 0 Å². The Morgan fingerprint density at radius 2 is 2.31 bits per heavy atom. The SMILES string of the molecule is CCCc1ccc2c(c1)CC[C@@H]2O. The number of aryl methyl sites for hydroxylation is 2. The van der Waals surface area contributed by atoms with E-state index in [1.807, 2.05) is 0 Å². The fraction of sp³-hybridized carbons (Fsp3) is 0.500. The summed E-state index contributed by atoms with van der Waals surface area (Å²) in [5.74, 6) is 0. The molecular formula is C12H16O. The third-order valence-electron chi connectivity index (χ3n) is 2.79. The van der Waals surface area contributed by atoms with Crippen LogP contribution >= 0.6 is 0 Å². The van der Waals surface area contributed by atoms with Gasteiger partial charge in [-0.2, -0.15) is 0 Å². The Kier molecular flexibility index (Phi) is 2.36. The normalized spacial score (nSPS) is 20.3. The minimum absolute atomic E-state index is 0.203. The van der Waals surface area contributed by atoms with Crippen molar-refractivity contribution in [1.29, 1.82) is 0 Å². The van der Waals surface area contributed by atoms with Crippen LogP contribution in [0.2, 0.25) is 0 Å². The van der Waals surface area contributed by atoms with Gasteiger partial charge in [0.25, 0.3) is 0 Å². The Hall–Kier alpha value is -0.820. The second-order valence-corrected chi connectivity index (χ2v) is 3.84. The van der Waals surface area contributed by atoms with Gasteiger partial charge in [-0.15, -0.1) is 0 Å². The predicted molar refractivity (Wildman–Crippen MR) is 53.7 cm³/mol. The molecule has 1 N–H and O–H groups in total. The van der Waals surface area contributed by atoms with Gasteiger partial charge in [-0.1, -0.05) is 31.5 Å². The Labute approximate surface area is 79.4 Å². The molecule has 70 valence electrons. The maximum atomic E-state index is 9.60. The van der Waals surface area contributed by atoms with Gasteiger partial charge in [-0.25, -0.2) is 0 Å². The molecule has 0 spiro atoms. The highest BCUT2D eigenvalue weighted by Gasteiger charge is 2.19. The van der Waals surface area contributed by atoms with Crippen LogP contribution < -0.4 is 0 Å². The lowest BCUT2D eigenvalue weighted by Crippen LogP contribution is -1.91. The molecule has 0 heterocycles. The van der Waals surface area contributed by atoms with E-state index >= 15 is 0 Å². The van der Waals surface area contributed by atoms with Gasteiger partial charge in [0, 0.05) is 0 Å². The molecule has 1 aromatic carbocycles. The van der Waals surface area contributed by atoms with Gasteiger partial charge in [-0.05, 0) is 36.0 Å². The lowest BCUT2D eigenvalue weighted by Gasteiger charge is -2.05. The smallest absolute Gasteiger partial charge is 0.0795 e. The van der Waals surface area contributed by atoms with Crippen molar-refractivity contribution in [3.8, 4) is 0 Å². The molecule has 0 saturated carbocycles. The van der Waals surface area contributed by atoms with Crippen LogP contribution in [-0.4, -0.2) is 5.11 Å². The van der Waals surface area contributed by atoms with E-state index in [4.69, 9.17) is 0 Å². The fourth-order valence-electron chi connectivity index (χ4n) is 2.09. The molecule has 0 amide bonds. The van der Waals surface area contributed by atoms with Crippen molar-refractivity contribution in [2.45, 2.75) is 38.7 Å². The maximum absolute atomic E-state index is 9.60. The van der Waals surface area contributed by atoms with E-state index in [1.165, 1.54) is 17.5 Å². The Bertz CT molecular complexity index is 304. The lowest BCUT2D eigenvalue weighted by molar-refractivity contribution is 0.180. The quantitative estimate of drug-likeness (QED) is 0.734. The van der Waals surface area contributed by atoms with Crippen molar-refractivity contribution in [1.82, 2.24) is 0 Å². The minimum Gasteiger partial charge on any atom is -0.388 e. The van der Waals surface area contributed by atoms with Crippen LogP contribution in [0.1, 0.15) is 42.6 Å². The van der Waals surface area contributed by atoms with E-state index in [0.29, 0.717) is 0 Å². The second kappa shape index (κ2) is 3.51. The first-order valence-electron chi connectivity index (χ1n) is 5.11. The Balaban J connectivity index is 2.29. The molecular weight excluding hydrogens is 160 g/mol. The summed E-state index contributed by atoms with van der Waals surface area (Å²) in [5.41, 5.74) is 3.92. The van der Waals surface area contributed by atoms with Crippen LogP contribution in [0.5, 0.6) is 0 Å². The zero-order chi connectivity index (χ0) is 9.26. The van der Waals surface area contributed by atoms with Crippen molar-refractivity contribution < 1.29 is 5.11 Å². The topological polar surface area (TPSA) is 20.2 Å². The van der Waals surface area contributed by atoms with Crippen LogP contribution in [0.25, 0.3) is 0 Å². The van der Waals surface area contributed by atoms with Crippen LogP contribution in [-0.2, 0) is 12.8 Å². The lowest BCUT2D eigenvalue weighted by atomic mass is 10.0. The molecule has 0 saturated heterocycles. The molecule has 0 aliphatic heterocycles. The summed E-state index contributed by atoms with van der Waals surface area (Å²) in [6, 6.07) is 6.50. The summed E-state index contributed by atoms with van der Waals surface area (Å²) < 4.78 is 0. The number of fused-ring (bicyclic) bond motifs is 1. The summed E-state index contributed by atoms with van der Waals surface area (Å²) in [7, 11) is 0. The molecule has 1 aliphatic carbocycles. The number of rotatable bonds is 2. The average Bonchev–Trinajstić information content (AvgIpc) is 2.48. The zero-order valence-corrected chi connectivity index (χ0v) is 8.09. The van der Waals surface area contributed by atoms with Crippen molar-refractivity contribution in [3.63, 3.8) is 0 Å². The van der Waals surface area contributed by atoms with Crippen LogP contribution in [0.4, 0.5) is 0 Å². The summed E-state index contributed by atoms with van der Waals surface area (Å²) in [4.78, 5) is 0. The first-order valence-corrected chi connectivity index (χ1v) is 5.11. The first-order chi connectivity index (χ1) is 6.31. The van der Waals surface area contributed by atoms with Gasteiger partial charge in [0.2, 0.25) is 0 Å². The average molecular weight is 176 g/mol. The highest BCUT2D eigenvalue weighted by molar-refractivity contribution is 5.37. The molecule has 1 aliphatic rings. The molecule has 0 bridgehead atoms. The number of hydrogen-bond acceptors (Lipinski definition) is 1. The van der Waals surface area contributed by atoms with Crippen LogP contribution in [0, 0.1) is 0 Å². The third-order valence-corrected chi connectivity index (χ3v) is 2.79. The number of hydrogen-bond donors (Lipinski definition) is 1. The van der Waals surface area contributed by atoms with Gasteiger partial charge < -0.3 is 5.11 Å². The largest absolute Gasteiger partial charge is 0.388 e. The predicted octanol–water partition coefficient (Wildman–Crippen LogP) is 2.62. The van der Waals surface area contributed by atoms with Crippen molar-refractivity contribution in [2.75, 3.05) is 0 Å². The number of benzene rings is 1. The van der Waals surface area contributed by atoms with E-state index in [9.17, 15) is 5.11 Å². The minimum atomic E-state index is -0.203. The van der Waals surface area contributed by atoms with Gasteiger partial charge in [0.15, 0.2) is 0 Å². The summed E-state index contributed by atoms with van der Waals surface area (Å²) in [6.45, 7) is 2.20. The van der Waals surface area contributed by atoms with Gasteiger partial charge in [0.05, 0.1) is 6.10 Å². The zero-order valence-electron chi connectivity index (χ0n) is 8.09. The van der Waals surface area contributed by atoms with Crippen molar-refractivity contribution in [2.24, 2.45) is 0 Å². The van der Waals surface area contributed by atoms with Gasteiger partial charge >= 0.3 is 0 Å². The van der Waals surface area contributed by atoms with E-state index in [0.717, 1.165) is 24.8 Å². The molecule has 1 nitrogen and oxygen atoms in total. The molecule has 13 heavy (non-hydrogen) atoms. The summed E-state index contributed by atoms with van der Waals surface area (Å²) in [6.07, 6.45) is 4.11. The molecule has 1 aromatic rings. The highest BCUT2D eigenvalue weighted by Crippen LogP contribution is 2.31. The van der Waals surface area contributed by atoms with Gasteiger partial charge in [-0.3, -0.25) is 0 Å². The standard InChI is InChI=1S/C12H16O/c1-2-3-9-4-6-11-10(8-9)5-7-12(11)13/h4,6,8,12-13H,2-3,5,7H2,1H3/t12-/m0/s1. The molecule has 0 aromatic heterocycles. The summed E-state index contributed by atoms with van der Waals surface area (Å²) in [5, 5.41) is 9.60. The first kappa shape index (κ1) is 8.76. The van der Waals surface area contributed by atoms with E-state index in [1.54, 1.807) is 0 Å². The number of aliphatic hydroxyl groups excluding tert-OH is 1. The second-order valence-electron chi connectivity index (χ2n) is 3.84. The van der Waals surface area contributed by atoms with Crippen LogP contribution in [0.3, 0.4) is 0 Å². The molecule has 0 fully saturated rings. The monoisotopic (exact) mass is 176 g/mol. The van der Waals surface area contributed by atoms with E-state index < -0.39 is 0 Å². The Morgan fingerprint density at radius 3 is 3.08 bits per heavy atom. The fourth-order valence-corrected chi connectivity index (χ4v) is 2.09. The van der Waals surface area contributed by atoms with Crippen molar-refractivity contribution in [3.05, 3.63) is 34.9 Å². The van der Waals surface area contributed by atoms with E-state index in [2.05, 4.69) is 25.1 Å². The molecule has 0 radical (unpaired) electrons. The summed E-state index contributed by atoms with van der Waals surface area (Å²) >= 11 is 0. The number of aliphatic hydroxyl groups is 1. The Morgan fingerprint density at radius 1 is 1.46 bits per heavy atom. The maximum Gasteiger partial charge on any atom is 0.0795 e. The van der Waals surface area contributed by atoms with E-state index in [-0.39, 0.29) is 6.10 Å². The van der Waals surface area contributed by atoms with Gasteiger partial charge in [0.1, 0.15) is 0 Å². The molecule has 2 rings (SSSR count). The van der Waals surface area contributed by atoms with Crippen LogP contribution in [0.15, 0.2) is 18.2 Å².